The molecular weight excluding hydrogens is 414 g/mol. The van der Waals surface area contributed by atoms with Gasteiger partial charge in [-0.3, -0.25) is 0 Å². The van der Waals surface area contributed by atoms with Crippen LogP contribution >= 0.6 is 11.3 Å². The van der Waals surface area contributed by atoms with Gasteiger partial charge in [-0.2, -0.15) is 5.10 Å². The summed E-state index contributed by atoms with van der Waals surface area (Å²) in [7, 11) is 4.90. The van der Waals surface area contributed by atoms with Gasteiger partial charge in [-0.1, -0.05) is 0 Å². The van der Waals surface area contributed by atoms with Crippen molar-refractivity contribution in [3.63, 3.8) is 0 Å². The van der Waals surface area contributed by atoms with Gasteiger partial charge in [-0.15, -0.1) is 11.3 Å². The summed E-state index contributed by atoms with van der Waals surface area (Å²) in [4.78, 5) is 5.46. The van der Waals surface area contributed by atoms with Crippen LogP contribution in [0.1, 0.15) is 5.76 Å². The molecule has 0 N–H and O–H groups in total. The summed E-state index contributed by atoms with van der Waals surface area (Å²) in [6.07, 6.45) is 3.25. The van der Waals surface area contributed by atoms with Crippen molar-refractivity contribution in [3.05, 3.63) is 76.8 Å². The average Bonchev–Trinajstić information content (AvgIpc) is 3.47. The lowest BCUT2D eigenvalue weighted by atomic mass is 10.1. The number of nitrogens with zero attached hydrogens (tertiary/aromatic N) is 3. The first-order valence-electron chi connectivity index (χ1n) is 9.41. The smallest absolute Gasteiger partial charge is 0.211 e. The zero-order chi connectivity index (χ0) is 21.6. The molecule has 0 bridgehead atoms. The van der Waals surface area contributed by atoms with Gasteiger partial charge < -0.3 is 18.6 Å². The molecule has 0 aliphatic carbocycles. The average molecular weight is 436 g/mol. The van der Waals surface area contributed by atoms with Crippen LogP contribution in [0, 0.1) is 0 Å². The van der Waals surface area contributed by atoms with E-state index in [1.165, 1.54) is 11.3 Å². The second-order valence-corrected chi connectivity index (χ2v) is 7.19. The first-order chi connectivity index (χ1) is 15.2. The summed E-state index contributed by atoms with van der Waals surface area (Å²) < 4.78 is 23.4. The van der Waals surface area contributed by atoms with Crippen molar-refractivity contribution in [3.8, 4) is 28.5 Å². The molecule has 7 nitrogen and oxygen atoms in total. The lowest BCUT2D eigenvalue weighted by molar-refractivity contribution is 0.404. The molecule has 0 unspecified atom stereocenters. The van der Waals surface area contributed by atoms with Crippen LogP contribution < -0.4 is 19.0 Å². The summed E-state index contributed by atoms with van der Waals surface area (Å²) in [6.45, 7) is 0. The molecule has 8 heteroatoms. The van der Waals surface area contributed by atoms with E-state index in [9.17, 15) is 0 Å². The molecule has 2 aromatic carbocycles. The zero-order valence-electron chi connectivity index (χ0n) is 17.3. The van der Waals surface area contributed by atoms with Gasteiger partial charge in [0, 0.05) is 10.9 Å². The van der Waals surface area contributed by atoms with Gasteiger partial charge in [-0.05, 0) is 54.6 Å². The molecule has 0 radical (unpaired) electrons. The fraction of sp³-hybridized carbons (Fsp3) is 0.130. The highest BCUT2D eigenvalue weighted by atomic mass is 32.1. The van der Waals surface area contributed by atoms with Crippen LogP contribution in [0.2, 0.25) is 0 Å². The highest BCUT2D eigenvalue weighted by Crippen LogP contribution is 2.34. The van der Waals surface area contributed by atoms with E-state index >= 15 is 0 Å². The van der Waals surface area contributed by atoms with E-state index in [-0.39, 0.29) is 0 Å². The van der Waals surface area contributed by atoms with E-state index in [1.807, 2.05) is 60.0 Å². The number of methoxy groups -OCH3 is 3. The van der Waals surface area contributed by atoms with Crippen LogP contribution in [0.4, 0.5) is 5.69 Å². The van der Waals surface area contributed by atoms with Crippen molar-refractivity contribution in [1.29, 1.82) is 0 Å². The van der Waals surface area contributed by atoms with E-state index in [1.54, 1.807) is 38.5 Å². The van der Waals surface area contributed by atoms with Gasteiger partial charge >= 0.3 is 0 Å². The van der Waals surface area contributed by atoms with Crippen molar-refractivity contribution in [2.75, 3.05) is 21.3 Å². The molecule has 31 heavy (non-hydrogen) atoms. The molecule has 0 saturated carbocycles. The standard InChI is InChI=1S/C23H21N3O4S/c1-27-17-8-6-16(7-9-17)25-23-26(24-14-19-5-4-12-30-19)21(15-31-23)20-13-18(28-2)10-11-22(20)29-3/h4-15H,1-3H3. The van der Waals surface area contributed by atoms with Crippen LogP contribution in [-0.2, 0) is 0 Å². The number of ether oxygens (including phenoxy) is 3. The van der Waals surface area contributed by atoms with Crippen LogP contribution in [0.3, 0.4) is 0 Å². The summed E-state index contributed by atoms with van der Waals surface area (Å²) in [5, 5.41) is 6.62. The maximum atomic E-state index is 5.58. The van der Waals surface area contributed by atoms with E-state index in [2.05, 4.69) is 5.10 Å². The van der Waals surface area contributed by atoms with Crippen LogP contribution in [0.25, 0.3) is 11.3 Å². The molecule has 2 heterocycles. The molecule has 0 aliphatic heterocycles. The second-order valence-electron chi connectivity index (χ2n) is 6.35. The minimum absolute atomic E-state index is 0.637. The minimum atomic E-state index is 0.637. The maximum Gasteiger partial charge on any atom is 0.211 e. The predicted octanol–water partition coefficient (Wildman–Crippen LogP) is 4.95. The first-order valence-corrected chi connectivity index (χ1v) is 10.3. The zero-order valence-corrected chi connectivity index (χ0v) is 18.1. The molecule has 0 atom stereocenters. The van der Waals surface area contributed by atoms with Gasteiger partial charge in [0.25, 0.3) is 0 Å². The van der Waals surface area contributed by atoms with Gasteiger partial charge in [0.05, 0.1) is 45.2 Å². The first kappa shape index (κ1) is 20.5. The lowest BCUT2D eigenvalue weighted by Crippen LogP contribution is -2.11. The number of hydrogen-bond donors (Lipinski definition) is 0. The van der Waals surface area contributed by atoms with E-state index in [0.29, 0.717) is 16.3 Å². The summed E-state index contributed by atoms with van der Waals surface area (Å²) in [5.41, 5.74) is 2.44. The third kappa shape index (κ3) is 4.54. The number of benzene rings is 2. The Labute approximate surface area is 183 Å². The lowest BCUT2D eigenvalue weighted by Gasteiger charge is -2.11. The molecular formula is C23H21N3O4S. The van der Waals surface area contributed by atoms with Crippen molar-refractivity contribution < 1.29 is 18.6 Å². The molecule has 2 aromatic heterocycles. The highest BCUT2D eigenvalue weighted by molar-refractivity contribution is 7.07. The van der Waals surface area contributed by atoms with Gasteiger partial charge in [-0.25, -0.2) is 9.67 Å². The second kappa shape index (κ2) is 9.36. The van der Waals surface area contributed by atoms with Crippen molar-refractivity contribution in [2.24, 2.45) is 10.1 Å². The number of thiazole rings is 1. The Morgan fingerprint density at radius 3 is 2.39 bits per heavy atom. The Hall–Kier alpha value is -3.78. The number of rotatable bonds is 7. The van der Waals surface area contributed by atoms with Crippen LogP contribution in [0.5, 0.6) is 17.2 Å². The minimum Gasteiger partial charge on any atom is -0.497 e. The topological polar surface area (TPSA) is 70.5 Å². The van der Waals surface area contributed by atoms with Gasteiger partial charge in [0.2, 0.25) is 4.80 Å². The summed E-state index contributed by atoms with van der Waals surface area (Å²) in [5.74, 6) is 2.84. The van der Waals surface area contributed by atoms with Crippen molar-refractivity contribution in [2.45, 2.75) is 0 Å². The number of aromatic nitrogens is 1. The third-order valence-electron chi connectivity index (χ3n) is 4.51. The number of hydrogen-bond acceptors (Lipinski definition) is 7. The Morgan fingerprint density at radius 1 is 0.935 bits per heavy atom. The molecule has 158 valence electrons. The molecule has 4 rings (SSSR count). The highest BCUT2D eigenvalue weighted by Gasteiger charge is 2.14. The molecule has 0 saturated heterocycles. The van der Waals surface area contributed by atoms with Crippen LogP contribution in [0.15, 0.2) is 80.8 Å². The fourth-order valence-electron chi connectivity index (χ4n) is 2.94. The Balaban J connectivity index is 1.87. The molecule has 0 aliphatic rings. The fourth-order valence-corrected chi connectivity index (χ4v) is 3.78. The molecule has 0 fully saturated rings. The summed E-state index contributed by atoms with van der Waals surface area (Å²) >= 11 is 1.47. The summed E-state index contributed by atoms with van der Waals surface area (Å²) in [6, 6.07) is 16.8. The quantitative estimate of drug-likeness (QED) is 0.385. The van der Waals surface area contributed by atoms with Crippen molar-refractivity contribution >= 4 is 23.2 Å². The van der Waals surface area contributed by atoms with Crippen LogP contribution in [-0.4, -0.2) is 32.2 Å². The van der Waals surface area contributed by atoms with Gasteiger partial charge in [0.1, 0.15) is 23.0 Å². The van der Waals surface area contributed by atoms with E-state index < -0.39 is 0 Å². The molecule has 0 amide bonds. The molecule has 4 aromatic rings. The normalized spacial score (nSPS) is 11.8. The molecule has 0 spiro atoms. The number of furan rings is 1. The Kier molecular flexibility index (Phi) is 6.18. The third-order valence-corrected chi connectivity index (χ3v) is 5.32. The van der Waals surface area contributed by atoms with E-state index in [4.69, 9.17) is 23.6 Å². The SMILES string of the molecule is COc1ccc(N=c2scc(-c3cc(OC)ccc3OC)n2N=Cc2ccco2)cc1. The Bertz CT molecular complexity index is 1240. The van der Waals surface area contributed by atoms with Crippen molar-refractivity contribution in [1.82, 2.24) is 4.68 Å². The Morgan fingerprint density at radius 2 is 1.71 bits per heavy atom. The predicted molar refractivity (Wildman–Crippen MR) is 121 cm³/mol. The largest absolute Gasteiger partial charge is 0.497 e. The van der Waals surface area contributed by atoms with Gasteiger partial charge in [0.15, 0.2) is 0 Å². The maximum absolute atomic E-state index is 5.58. The monoisotopic (exact) mass is 435 g/mol. The van der Waals surface area contributed by atoms with E-state index in [0.717, 1.165) is 28.4 Å².